The van der Waals surface area contributed by atoms with Crippen LogP contribution in [0, 0.1) is 12.7 Å². The van der Waals surface area contributed by atoms with Crippen LogP contribution in [0.15, 0.2) is 34.9 Å². The highest BCUT2D eigenvalue weighted by molar-refractivity contribution is 6.32. The third-order valence-corrected chi connectivity index (χ3v) is 5.17. The molecule has 0 radical (unpaired) electrons. The van der Waals surface area contributed by atoms with E-state index in [0.29, 0.717) is 5.56 Å². The summed E-state index contributed by atoms with van der Waals surface area (Å²) in [5.41, 5.74) is -0.0164. The molecule has 0 atom stereocenters. The second-order valence-corrected chi connectivity index (χ2v) is 7.45. The zero-order chi connectivity index (χ0) is 24.1. The van der Waals surface area contributed by atoms with Gasteiger partial charge in [-0.1, -0.05) is 11.6 Å². The molecule has 33 heavy (non-hydrogen) atoms. The Morgan fingerprint density at radius 2 is 1.97 bits per heavy atom. The molecule has 4 aromatic rings. The number of ether oxygens (including phenoxy) is 1. The van der Waals surface area contributed by atoms with Gasteiger partial charge in [0.15, 0.2) is 23.1 Å². The van der Waals surface area contributed by atoms with E-state index in [-0.39, 0.29) is 45.5 Å². The molecule has 7 nitrogen and oxygen atoms in total. The Morgan fingerprint density at radius 3 is 2.58 bits per heavy atom. The largest absolute Gasteiger partial charge is 0.492 e. The third-order valence-electron chi connectivity index (χ3n) is 4.87. The number of furan rings is 1. The average Bonchev–Trinajstić information content (AvgIpc) is 3.33. The maximum absolute atomic E-state index is 15.0. The summed E-state index contributed by atoms with van der Waals surface area (Å²) in [6.45, 7) is 1.42. The molecular formula is C21H14ClF4N3O4. The molecule has 3 aromatic heterocycles. The van der Waals surface area contributed by atoms with Crippen LogP contribution in [0.1, 0.15) is 27.6 Å². The van der Waals surface area contributed by atoms with Crippen LogP contribution >= 0.6 is 11.6 Å². The minimum atomic E-state index is -4.65. The summed E-state index contributed by atoms with van der Waals surface area (Å²) >= 11 is 5.92. The van der Waals surface area contributed by atoms with Crippen molar-refractivity contribution in [2.45, 2.75) is 19.6 Å². The minimum absolute atomic E-state index is 0.00389. The quantitative estimate of drug-likeness (QED) is 0.373. The second kappa shape index (κ2) is 8.07. The number of methoxy groups -OCH3 is 1. The molecule has 4 rings (SSSR count). The van der Waals surface area contributed by atoms with E-state index in [2.05, 4.69) is 9.97 Å². The van der Waals surface area contributed by atoms with Gasteiger partial charge in [-0.3, -0.25) is 0 Å². The number of hydrogen-bond acceptors (Lipinski definition) is 5. The van der Waals surface area contributed by atoms with E-state index in [9.17, 15) is 27.5 Å². The number of fused-ring (bicyclic) bond motifs is 1. The van der Waals surface area contributed by atoms with Crippen molar-refractivity contribution in [1.82, 2.24) is 14.5 Å². The van der Waals surface area contributed by atoms with Gasteiger partial charge < -0.3 is 18.8 Å². The fraction of sp³-hybridized carbons (Fsp3) is 0.190. The molecule has 0 aliphatic heterocycles. The zero-order valence-electron chi connectivity index (χ0n) is 17.0. The van der Waals surface area contributed by atoms with Crippen molar-refractivity contribution >= 4 is 28.6 Å². The number of carboxylic acids is 1. The Morgan fingerprint density at radius 1 is 1.24 bits per heavy atom. The third kappa shape index (κ3) is 3.99. The van der Waals surface area contributed by atoms with Gasteiger partial charge in [0.2, 0.25) is 5.76 Å². The Hall–Kier alpha value is -3.60. The SMILES string of the molecule is COc1c(Cl)ccc(-c2nc(C(=O)O)c3c(C)cn(Cc4ccc(C(F)(F)F)o4)c3n2)c1F. The van der Waals surface area contributed by atoms with Gasteiger partial charge in [-0.2, -0.15) is 13.2 Å². The first-order chi connectivity index (χ1) is 15.5. The lowest BCUT2D eigenvalue weighted by Gasteiger charge is -2.10. The van der Waals surface area contributed by atoms with Crippen LogP contribution in [0.2, 0.25) is 5.02 Å². The van der Waals surface area contributed by atoms with Gasteiger partial charge in [0.25, 0.3) is 0 Å². The molecule has 0 spiro atoms. The van der Waals surface area contributed by atoms with Crippen molar-refractivity contribution in [2.24, 2.45) is 0 Å². The fourth-order valence-electron chi connectivity index (χ4n) is 3.45. The van der Waals surface area contributed by atoms with Crippen molar-refractivity contribution in [1.29, 1.82) is 0 Å². The Bertz CT molecular complexity index is 1390. The topological polar surface area (TPSA) is 90.4 Å². The van der Waals surface area contributed by atoms with Crippen molar-refractivity contribution in [2.75, 3.05) is 7.11 Å². The van der Waals surface area contributed by atoms with E-state index >= 15 is 0 Å². The number of halogens is 5. The molecule has 1 aromatic carbocycles. The molecule has 172 valence electrons. The van der Waals surface area contributed by atoms with Crippen molar-refractivity contribution in [3.8, 4) is 17.1 Å². The summed E-state index contributed by atoms with van der Waals surface area (Å²) in [4.78, 5) is 20.2. The van der Waals surface area contributed by atoms with Gasteiger partial charge in [-0.25, -0.2) is 19.2 Å². The number of nitrogens with zero attached hydrogens (tertiary/aromatic N) is 3. The number of rotatable bonds is 5. The molecule has 0 amide bonds. The number of benzene rings is 1. The molecule has 3 heterocycles. The molecule has 0 aliphatic carbocycles. The molecule has 1 N–H and O–H groups in total. The summed E-state index contributed by atoms with van der Waals surface area (Å²) < 4.78 is 64.8. The van der Waals surface area contributed by atoms with E-state index in [1.165, 1.54) is 30.0 Å². The molecule has 0 saturated carbocycles. The predicted molar refractivity (Wildman–Crippen MR) is 109 cm³/mol. The smallest absolute Gasteiger partial charge is 0.449 e. The van der Waals surface area contributed by atoms with Gasteiger partial charge in [0.1, 0.15) is 11.4 Å². The molecule has 12 heteroatoms. The number of aromatic nitrogens is 3. The van der Waals surface area contributed by atoms with Crippen LogP contribution in [0.5, 0.6) is 5.75 Å². The molecule has 0 saturated heterocycles. The first-order valence-corrected chi connectivity index (χ1v) is 9.68. The lowest BCUT2D eigenvalue weighted by atomic mass is 10.1. The molecule has 0 unspecified atom stereocenters. The van der Waals surface area contributed by atoms with E-state index in [4.69, 9.17) is 20.8 Å². The lowest BCUT2D eigenvalue weighted by molar-refractivity contribution is -0.153. The van der Waals surface area contributed by atoms with E-state index < -0.39 is 29.4 Å². The Labute approximate surface area is 188 Å². The highest BCUT2D eigenvalue weighted by atomic mass is 35.5. The zero-order valence-corrected chi connectivity index (χ0v) is 17.8. The van der Waals surface area contributed by atoms with Crippen molar-refractivity contribution in [3.63, 3.8) is 0 Å². The number of carbonyl (C=O) groups is 1. The Kier molecular flexibility index (Phi) is 5.52. The minimum Gasteiger partial charge on any atom is -0.492 e. The van der Waals surface area contributed by atoms with Gasteiger partial charge in [-0.15, -0.1) is 0 Å². The lowest BCUT2D eigenvalue weighted by Crippen LogP contribution is -2.07. The van der Waals surface area contributed by atoms with Crippen molar-refractivity contribution in [3.05, 3.63) is 64.1 Å². The Balaban J connectivity index is 1.90. The maximum Gasteiger partial charge on any atom is 0.449 e. The summed E-state index contributed by atoms with van der Waals surface area (Å²) in [5, 5.41) is 9.86. The summed E-state index contributed by atoms with van der Waals surface area (Å²) in [6.07, 6.45) is -3.14. The highest BCUT2D eigenvalue weighted by Crippen LogP contribution is 2.35. The van der Waals surface area contributed by atoms with Gasteiger partial charge in [-0.05, 0) is 36.8 Å². The van der Waals surface area contributed by atoms with Crippen LogP contribution < -0.4 is 4.74 Å². The molecular weight excluding hydrogens is 470 g/mol. The monoisotopic (exact) mass is 483 g/mol. The number of aromatic carboxylic acids is 1. The highest BCUT2D eigenvalue weighted by Gasteiger charge is 2.35. The normalized spacial score (nSPS) is 11.8. The number of alkyl halides is 3. The van der Waals surface area contributed by atoms with Gasteiger partial charge in [0.05, 0.1) is 29.6 Å². The number of aryl methyl sites for hydroxylation is 1. The van der Waals surface area contributed by atoms with Gasteiger partial charge >= 0.3 is 12.1 Å². The standard InChI is InChI=1S/C21H14ClF4N3O4/c1-9-7-29(8-10-3-6-13(33-10)21(24,25)26)19-14(9)16(20(30)31)27-18(28-19)11-4-5-12(22)17(32-2)15(11)23/h3-7H,8H2,1-2H3,(H,30,31). The first-order valence-electron chi connectivity index (χ1n) is 9.30. The van der Waals surface area contributed by atoms with Crippen LogP contribution in [-0.4, -0.2) is 32.7 Å². The molecule has 0 aliphatic rings. The van der Waals surface area contributed by atoms with Crippen LogP contribution in [0.4, 0.5) is 17.6 Å². The maximum atomic E-state index is 15.0. The van der Waals surface area contributed by atoms with E-state index in [1.54, 1.807) is 6.92 Å². The van der Waals surface area contributed by atoms with Crippen LogP contribution in [-0.2, 0) is 12.7 Å². The number of carboxylic acid groups (broad SMARTS) is 1. The first kappa shape index (κ1) is 22.6. The predicted octanol–water partition coefficient (Wildman–Crippen LogP) is 5.57. The van der Waals surface area contributed by atoms with E-state index in [0.717, 1.165) is 12.1 Å². The molecule has 0 bridgehead atoms. The molecule has 0 fully saturated rings. The average molecular weight is 484 g/mol. The van der Waals surface area contributed by atoms with Crippen molar-refractivity contribution < 1.29 is 36.6 Å². The van der Waals surface area contributed by atoms with Crippen LogP contribution in [0.25, 0.3) is 22.4 Å². The summed E-state index contributed by atoms with van der Waals surface area (Å²) in [7, 11) is 1.22. The fourth-order valence-corrected chi connectivity index (χ4v) is 3.67. The number of hydrogen-bond donors (Lipinski definition) is 1. The van der Waals surface area contributed by atoms with Crippen LogP contribution in [0.3, 0.4) is 0 Å². The summed E-state index contributed by atoms with van der Waals surface area (Å²) in [6, 6.07) is 4.58. The summed E-state index contributed by atoms with van der Waals surface area (Å²) in [5.74, 6) is -4.00. The van der Waals surface area contributed by atoms with E-state index in [1.807, 2.05) is 0 Å². The van der Waals surface area contributed by atoms with Gasteiger partial charge in [0, 0.05) is 6.20 Å². The second-order valence-electron chi connectivity index (χ2n) is 7.05.